The Hall–Kier alpha value is -2.93. The van der Waals surface area contributed by atoms with Crippen LogP contribution < -0.4 is 15.0 Å². The number of carbonyl (C=O) groups is 2. The molecule has 0 radical (unpaired) electrons. The predicted molar refractivity (Wildman–Crippen MR) is 115 cm³/mol. The molecule has 1 fully saturated rings. The third-order valence-electron chi connectivity index (χ3n) is 4.93. The second kappa shape index (κ2) is 8.44. The van der Waals surface area contributed by atoms with Gasteiger partial charge in [0.2, 0.25) is 5.88 Å². The Balaban J connectivity index is 0.00000124. The van der Waals surface area contributed by atoms with Gasteiger partial charge in [-0.3, -0.25) is 4.79 Å². The number of benzene rings is 1. The van der Waals surface area contributed by atoms with E-state index in [9.17, 15) is 9.59 Å². The lowest BCUT2D eigenvalue weighted by molar-refractivity contribution is -0.117. The molecule has 1 saturated heterocycles. The standard InChI is InChI=1S/C21H23N3O4.C2H6/c1-12-19(25)24(20(26)23-12)14-6-8-17(22-10-14)28-15-7-5-13-11-27-18(16(13)9-15)21(2,3)4;1-2/h5-10,12,18H,11H2,1-4H3,(H,23,26);1-2H3/t12-,18?;/m0./s1. The third-order valence-corrected chi connectivity index (χ3v) is 4.93. The molecule has 160 valence electrons. The minimum absolute atomic E-state index is 0.0102. The lowest BCUT2D eigenvalue weighted by Gasteiger charge is -2.27. The number of aromatic nitrogens is 1. The van der Waals surface area contributed by atoms with E-state index in [1.54, 1.807) is 19.1 Å². The average Bonchev–Trinajstić information content (AvgIpc) is 3.24. The van der Waals surface area contributed by atoms with Gasteiger partial charge in [0.15, 0.2) is 0 Å². The van der Waals surface area contributed by atoms with E-state index in [0.717, 1.165) is 10.5 Å². The summed E-state index contributed by atoms with van der Waals surface area (Å²) in [6, 6.07) is 8.21. The van der Waals surface area contributed by atoms with Gasteiger partial charge in [-0.2, -0.15) is 0 Å². The summed E-state index contributed by atoms with van der Waals surface area (Å²) >= 11 is 0. The molecule has 7 heteroatoms. The van der Waals surface area contributed by atoms with Crippen LogP contribution >= 0.6 is 0 Å². The molecule has 2 aromatic rings. The fourth-order valence-corrected chi connectivity index (χ4v) is 3.53. The van der Waals surface area contributed by atoms with Gasteiger partial charge in [-0.1, -0.05) is 40.7 Å². The van der Waals surface area contributed by atoms with Gasteiger partial charge in [-0.05, 0) is 41.7 Å². The number of hydrogen-bond acceptors (Lipinski definition) is 5. The number of amides is 3. The Bertz CT molecular complexity index is 934. The van der Waals surface area contributed by atoms with Gasteiger partial charge in [-0.25, -0.2) is 14.7 Å². The van der Waals surface area contributed by atoms with Crippen molar-refractivity contribution < 1.29 is 19.1 Å². The molecule has 30 heavy (non-hydrogen) atoms. The average molecular weight is 412 g/mol. The molecule has 1 N–H and O–H groups in total. The smallest absolute Gasteiger partial charge is 0.329 e. The van der Waals surface area contributed by atoms with Crippen molar-refractivity contribution in [3.05, 3.63) is 47.7 Å². The van der Waals surface area contributed by atoms with Gasteiger partial charge in [0.1, 0.15) is 11.8 Å². The van der Waals surface area contributed by atoms with E-state index >= 15 is 0 Å². The van der Waals surface area contributed by atoms with Crippen LogP contribution in [-0.4, -0.2) is 23.0 Å². The van der Waals surface area contributed by atoms with E-state index < -0.39 is 12.1 Å². The van der Waals surface area contributed by atoms with Crippen LogP contribution in [0.4, 0.5) is 10.5 Å². The van der Waals surface area contributed by atoms with Crippen LogP contribution in [0.2, 0.25) is 0 Å². The van der Waals surface area contributed by atoms with Crippen molar-refractivity contribution in [3.8, 4) is 11.6 Å². The summed E-state index contributed by atoms with van der Waals surface area (Å²) in [6.45, 7) is 12.7. The maximum absolute atomic E-state index is 12.1. The number of nitrogens with zero attached hydrogens (tertiary/aromatic N) is 2. The highest BCUT2D eigenvalue weighted by molar-refractivity contribution is 6.21. The Morgan fingerprint density at radius 2 is 1.90 bits per heavy atom. The van der Waals surface area contributed by atoms with Crippen molar-refractivity contribution in [2.75, 3.05) is 4.90 Å². The van der Waals surface area contributed by atoms with Crippen LogP contribution in [0.15, 0.2) is 36.5 Å². The van der Waals surface area contributed by atoms with Crippen LogP contribution in [-0.2, 0) is 16.1 Å². The minimum atomic E-state index is -0.534. The molecule has 3 heterocycles. The first-order valence-electron chi connectivity index (χ1n) is 10.3. The number of imide groups is 1. The molecule has 1 unspecified atom stereocenters. The molecule has 3 amide bonds. The number of urea groups is 1. The summed E-state index contributed by atoms with van der Waals surface area (Å²) in [5.74, 6) is 0.754. The Labute approximate surface area is 177 Å². The van der Waals surface area contributed by atoms with Crippen LogP contribution in [0.3, 0.4) is 0 Å². The van der Waals surface area contributed by atoms with E-state index in [1.807, 2.05) is 32.0 Å². The van der Waals surface area contributed by atoms with Crippen LogP contribution in [0.25, 0.3) is 0 Å². The first kappa shape index (κ1) is 21.8. The molecule has 4 rings (SSSR count). The monoisotopic (exact) mass is 411 g/mol. The summed E-state index contributed by atoms with van der Waals surface area (Å²) in [5, 5.41) is 2.58. The van der Waals surface area contributed by atoms with Crippen LogP contribution in [0.5, 0.6) is 11.6 Å². The maximum atomic E-state index is 12.1. The van der Waals surface area contributed by atoms with Crippen molar-refractivity contribution in [1.82, 2.24) is 10.3 Å². The summed E-state index contributed by atoms with van der Waals surface area (Å²) in [4.78, 5) is 29.3. The number of fused-ring (bicyclic) bond motifs is 1. The molecule has 7 nitrogen and oxygen atoms in total. The van der Waals surface area contributed by atoms with Crippen LogP contribution in [0, 0.1) is 5.41 Å². The second-order valence-corrected chi connectivity index (χ2v) is 8.22. The summed E-state index contributed by atoms with van der Waals surface area (Å²) in [5.41, 5.74) is 2.71. The first-order chi connectivity index (χ1) is 14.2. The highest BCUT2D eigenvalue weighted by atomic mass is 16.5. The van der Waals surface area contributed by atoms with Gasteiger partial charge in [0.25, 0.3) is 5.91 Å². The van der Waals surface area contributed by atoms with Gasteiger partial charge in [0.05, 0.1) is 24.6 Å². The van der Waals surface area contributed by atoms with Gasteiger partial charge in [0, 0.05) is 6.07 Å². The molecule has 2 aliphatic heterocycles. The molecule has 0 spiro atoms. The van der Waals surface area contributed by atoms with Crippen molar-refractivity contribution in [2.24, 2.45) is 5.41 Å². The summed E-state index contributed by atoms with van der Waals surface area (Å²) in [6.07, 6.45) is 1.47. The van der Waals surface area contributed by atoms with E-state index in [0.29, 0.717) is 23.9 Å². The molecular formula is C23H29N3O4. The van der Waals surface area contributed by atoms with E-state index in [2.05, 4.69) is 31.1 Å². The Kier molecular flexibility index (Phi) is 6.12. The SMILES string of the molecule is CC.C[C@@H]1NC(=O)N(c2ccc(Oc3ccc4c(c3)C(C(C)(C)C)OC4)nc2)C1=O. The molecular weight excluding hydrogens is 382 g/mol. The fraction of sp³-hybridized carbons (Fsp3) is 0.435. The first-order valence-corrected chi connectivity index (χ1v) is 10.3. The van der Waals surface area contributed by atoms with Crippen molar-refractivity contribution in [2.45, 2.75) is 60.3 Å². The molecule has 0 saturated carbocycles. The largest absolute Gasteiger partial charge is 0.439 e. The third kappa shape index (κ3) is 4.16. The zero-order valence-electron chi connectivity index (χ0n) is 18.4. The molecule has 2 aliphatic rings. The molecule has 2 atom stereocenters. The minimum Gasteiger partial charge on any atom is -0.439 e. The van der Waals surface area contributed by atoms with Crippen molar-refractivity contribution in [3.63, 3.8) is 0 Å². The zero-order chi connectivity index (χ0) is 22.1. The molecule has 0 bridgehead atoms. The van der Waals surface area contributed by atoms with Crippen LogP contribution in [0.1, 0.15) is 58.8 Å². The topological polar surface area (TPSA) is 80.8 Å². The fourth-order valence-electron chi connectivity index (χ4n) is 3.53. The zero-order valence-corrected chi connectivity index (χ0v) is 18.4. The summed E-state index contributed by atoms with van der Waals surface area (Å²) < 4.78 is 11.8. The highest BCUT2D eigenvalue weighted by Crippen LogP contribution is 2.44. The van der Waals surface area contributed by atoms with Gasteiger partial charge < -0.3 is 14.8 Å². The van der Waals surface area contributed by atoms with Gasteiger partial charge in [-0.15, -0.1) is 0 Å². The second-order valence-electron chi connectivity index (χ2n) is 8.22. The number of anilines is 1. The van der Waals surface area contributed by atoms with E-state index in [1.165, 1.54) is 11.8 Å². The van der Waals surface area contributed by atoms with Crippen molar-refractivity contribution >= 4 is 17.6 Å². The number of ether oxygens (including phenoxy) is 2. The summed E-state index contributed by atoms with van der Waals surface area (Å²) in [7, 11) is 0. The number of carbonyl (C=O) groups excluding carboxylic acids is 2. The predicted octanol–water partition coefficient (Wildman–Crippen LogP) is 4.96. The highest BCUT2D eigenvalue weighted by Gasteiger charge is 2.36. The quantitative estimate of drug-likeness (QED) is 0.722. The lowest BCUT2D eigenvalue weighted by Crippen LogP contribution is -2.30. The van der Waals surface area contributed by atoms with Crippen molar-refractivity contribution in [1.29, 1.82) is 0 Å². The lowest BCUT2D eigenvalue weighted by atomic mass is 9.84. The van der Waals surface area contributed by atoms with E-state index in [-0.39, 0.29) is 17.4 Å². The number of rotatable bonds is 3. The number of hydrogen-bond donors (Lipinski definition) is 1. The molecule has 0 aliphatic carbocycles. The Morgan fingerprint density at radius 3 is 2.47 bits per heavy atom. The molecule has 1 aromatic carbocycles. The number of pyridine rings is 1. The number of nitrogens with one attached hydrogen (secondary N) is 1. The van der Waals surface area contributed by atoms with Gasteiger partial charge >= 0.3 is 6.03 Å². The maximum Gasteiger partial charge on any atom is 0.329 e. The molecule has 1 aromatic heterocycles. The Morgan fingerprint density at radius 1 is 1.17 bits per heavy atom. The normalized spacial score (nSPS) is 20.4. The van der Waals surface area contributed by atoms with E-state index in [4.69, 9.17) is 9.47 Å².